The normalized spacial score (nSPS) is 34.3. The molecule has 66 valence electrons. The zero-order valence-electron chi connectivity index (χ0n) is 6.88. The third kappa shape index (κ3) is 0.906. The van der Waals surface area contributed by atoms with Crippen LogP contribution in [-0.4, -0.2) is 36.9 Å². The van der Waals surface area contributed by atoms with Crippen LogP contribution in [0.5, 0.6) is 0 Å². The molecule has 0 bridgehead atoms. The van der Waals surface area contributed by atoms with Crippen LogP contribution in [0.3, 0.4) is 0 Å². The average molecular weight is 168 g/mol. The minimum atomic E-state index is -0.223. The number of hydrogen-bond donors (Lipinski definition) is 1. The van der Waals surface area contributed by atoms with Crippen LogP contribution in [0.25, 0.3) is 0 Å². The molecule has 2 saturated heterocycles. The summed E-state index contributed by atoms with van der Waals surface area (Å²) >= 11 is 0. The summed E-state index contributed by atoms with van der Waals surface area (Å²) < 4.78 is 0. The smallest absolute Gasteiger partial charge is 0.229 e. The third-order valence-corrected chi connectivity index (χ3v) is 2.82. The Balaban J connectivity index is 2.07. The van der Waals surface area contributed by atoms with Gasteiger partial charge in [-0.3, -0.25) is 9.59 Å². The highest BCUT2D eigenvalue weighted by atomic mass is 16.2. The summed E-state index contributed by atoms with van der Waals surface area (Å²) in [6, 6.07) is 0. The van der Waals surface area contributed by atoms with Gasteiger partial charge in [0, 0.05) is 19.6 Å². The predicted molar refractivity (Wildman–Crippen MR) is 42.3 cm³/mol. The molecule has 2 heterocycles. The lowest BCUT2D eigenvalue weighted by Gasteiger charge is -2.46. The van der Waals surface area contributed by atoms with Crippen molar-refractivity contribution in [2.45, 2.75) is 12.8 Å². The number of carbonyl (C=O) groups is 2. The fourth-order valence-electron chi connectivity index (χ4n) is 2.00. The Morgan fingerprint density at radius 2 is 2.42 bits per heavy atom. The molecule has 0 aromatic heterocycles. The van der Waals surface area contributed by atoms with Gasteiger partial charge in [-0.05, 0) is 12.8 Å². The zero-order chi connectivity index (χ0) is 8.60. The second-order valence-electron chi connectivity index (χ2n) is 3.64. The van der Waals surface area contributed by atoms with Gasteiger partial charge in [-0.2, -0.15) is 0 Å². The highest BCUT2D eigenvalue weighted by Gasteiger charge is 2.48. The Morgan fingerprint density at radius 1 is 1.58 bits per heavy atom. The first-order valence-electron chi connectivity index (χ1n) is 4.24. The molecule has 2 fully saturated rings. The fourth-order valence-corrected chi connectivity index (χ4v) is 2.00. The number of nitrogens with one attached hydrogen (secondary N) is 1. The number of likely N-dealkylation sites (tertiary alicyclic amines) is 1. The molecule has 1 spiro atoms. The Morgan fingerprint density at radius 3 is 2.92 bits per heavy atom. The average Bonchev–Trinajstić information content (AvgIpc) is 2.15. The molecule has 1 unspecified atom stereocenters. The largest absolute Gasteiger partial charge is 0.354 e. The van der Waals surface area contributed by atoms with Crippen LogP contribution < -0.4 is 5.32 Å². The number of rotatable bonds is 1. The monoisotopic (exact) mass is 168 g/mol. The van der Waals surface area contributed by atoms with E-state index in [9.17, 15) is 9.59 Å². The summed E-state index contributed by atoms with van der Waals surface area (Å²) in [4.78, 5) is 23.4. The van der Waals surface area contributed by atoms with Crippen LogP contribution in [0.2, 0.25) is 0 Å². The van der Waals surface area contributed by atoms with Crippen molar-refractivity contribution in [3.63, 3.8) is 0 Å². The van der Waals surface area contributed by atoms with Crippen LogP contribution in [0.1, 0.15) is 12.8 Å². The van der Waals surface area contributed by atoms with Crippen LogP contribution >= 0.6 is 0 Å². The van der Waals surface area contributed by atoms with E-state index in [1.807, 2.05) is 0 Å². The van der Waals surface area contributed by atoms with E-state index in [-0.39, 0.29) is 11.3 Å². The van der Waals surface area contributed by atoms with Gasteiger partial charge in [0.05, 0.1) is 5.41 Å². The van der Waals surface area contributed by atoms with E-state index in [1.165, 1.54) is 0 Å². The van der Waals surface area contributed by atoms with Crippen molar-refractivity contribution >= 4 is 12.3 Å². The van der Waals surface area contributed by atoms with Crippen molar-refractivity contribution in [1.82, 2.24) is 10.2 Å². The molecular weight excluding hydrogens is 156 g/mol. The van der Waals surface area contributed by atoms with E-state index in [2.05, 4.69) is 5.32 Å². The Labute approximate surface area is 70.9 Å². The maximum Gasteiger partial charge on any atom is 0.229 e. The number of piperidine rings is 1. The number of hydrogen-bond acceptors (Lipinski definition) is 2. The standard InChI is InChI=1S/C8H12N2O2/c11-6-10-3-1-2-8(5-10)4-9-7(8)12/h6H,1-5H2,(H,9,12). The molecule has 1 N–H and O–H groups in total. The summed E-state index contributed by atoms with van der Waals surface area (Å²) in [6.07, 6.45) is 2.72. The van der Waals surface area contributed by atoms with Crippen LogP contribution in [0.15, 0.2) is 0 Å². The summed E-state index contributed by atoms with van der Waals surface area (Å²) in [5.74, 6) is 0.119. The Bertz CT molecular complexity index is 229. The first kappa shape index (κ1) is 7.58. The molecule has 12 heavy (non-hydrogen) atoms. The molecule has 4 nitrogen and oxygen atoms in total. The number of nitrogens with zero attached hydrogens (tertiary/aromatic N) is 1. The maximum absolute atomic E-state index is 11.2. The molecular formula is C8H12N2O2. The summed E-state index contributed by atoms with van der Waals surface area (Å²) in [5, 5.41) is 2.73. The molecule has 0 saturated carbocycles. The predicted octanol–water partition coefficient (Wildman–Crippen LogP) is -0.645. The summed E-state index contributed by atoms with van der Waals surface area (Å²) in [7, 11) is 0. The van der Waals surface area contributed by atoms with Gasteiger partial charge >= 0.3 is 0 Å². The molecule has 2 aliphatic heterocycles. The van der Waals surface area contributed by atoms with Crippen molar-refractivity contribution in [1.29, 1.82) is 0 Å². The molecule has 1 atom stereocenters. The van der Waals surface area contributed by atoms with E-state index in [1.54, 1.807) is 4.90 Å². The lowest BCUT2D eigenvalue weighted by atomic mass is 9.74. The lowest BCUT2D eigenvalue weighted by molar-refractivity contribution is -0.146. The molecule has 2 aliphatic rings. The topological polar surface area (TPSA) is 49.4 Å². The van der Waals surface area contributed by atoms with E-state index in [0.29, 0.717) is 6.54 Å². The second kappa shape index (κ2) is 2.47. The highest BCUT2D eigenvalue weighted by molar-refractivity contribution is 5.89. The molecule has 4 heteroatoms. The van der Waals surface area contributed by atoms with E-state index in [4.69, 9.17) is 0 Å². The molecule has 0 radical (unpaired) electrons. The van der Waals surface area contributed by atoms with E-state index in [0.717, 1.165) is 32.3 Å². The van der Waals surface area contributed by atoms with Crippen molar-refractivity contribution in [2.75, 3.05) is 19.6 Å². The molecule has 2 amide bonds. The lowest BCUT2D eigenvalue weighted by Crippen LogP contribution is -2.65. The number of β-lactam (4-membered cyclic amide) rings is 1. The van der Waals surface area contributed by atoms with Crippen molar-refractivity contribution in [3.8, 4) is 0 Å². The number of amides is 2. The van der Waals surface area contributed by atoms with Gasteiger partial charge in [0.2, 0.25) is 12.3 Å². The Kier molecular flexibility index (Phi) is 1.56. The minimum absolute atomic E-state index is 0.119. The van der Waals surface area contributed by atoms with Gasteiger partial charge in [0.1, 0.15) is 0 Å². The van der Waals surface area contributed by atoms with Gasteiger partial charge in [-0.25, -0.2) is 0 Å². The highest BCUT2D eigenvalue weighted by Crippen LogP contribution is 2.33. The zero-order valence-corrected chi connectivity index (χ0v) is 6.88. The van der Waals surface area contributed by atoms with Crippen LogP contribution in [0, 0.1) is 5.41 Å². The van der Waals surface area contributed by atoms with E-state index < -0.39 is 0 Å². The van der Waals surface area contributed by atoms with Crippen LogP contribution in [-0.2, 0) is 9.59 Å². The van der Waals surface area contributed by atoms with Crippen molar-refractivity contribution in [3.05, 3.63) is 0 Å². The number of carbonyl (C=O) groups excluding carboxylic acids is 2. The SMILES string of the molecule is O=CN1CCCC2(CNC2=O)C1. The van der Waals surface area contributed by atoms with Crippen LogP contribution in [0.4, 0.5) is 0 Å². The molecule has 2 rings (SSSR count). The van der Waals surface area contributed by atoms with Crippen molar-refractivity contribution in [2.24, 2.45) is 5.41 Å². The molecule has 0 aromatic carbocycles. The molecule has 0 aromatic rings. The molecule has 0 aliphatic carbocycles. The fraction of sp³-hybridized carbons (Fsp3) is 0.750. The van der Waals surface area contributed by atoms with E-state index >= 15 is 0 Å². The first-order chi connectivity index (χ1) is 5.77. The van der Waals surface area contributed by atoms with Gasteiger partial charge in [0.25, 0.3) is 0 Å². The van der Waals surface area contributed by atoms with Gasteiger partial charge in [-0.1, -0.05) is 0 Å². The summed E-state index contributed by atoms with van der Waals surface area (Å²) in [5.41, 5.74) is -0.223. The second-order valence-corrected chi connectivity index (χ2v) is 3.64. The maximum atomic E-state index is 11.2. The van der Waals surface area contributed by atoms with Gasteiger partial charge < -0.3 is 10.2 Å². The van der Waals surface area contributed by atoms with Gasteiger partial charge in [-0.15, -0.1) is 0 Å². The summed E-state index contributed by atoms with van der Waals surface area (Å²) in [6.45, 7) is 2.16. The third-order valence-electron chi connectivity index (χ3n) is 2.82. The Hall–Kier alpha value is -1.06. The minimum Gasteiger partial charge on any atom is -0.354 e. The first-order valence-corrected chi connectivity index (χ1v) is 4.24. The van der Waals surface area contributed by atoms with Gasteiger partial charge in [0.15, 0.2) is 0 Å². The van der Waals surface area contributed by atoms with Crippen molar-refractivity contribution < 1.29 is 9.59 Å². The quantitative estimate of drug-likeness (QED) is 0.418.